The van der Waals surface area contributed by atoms with Crippen LogP contribution in [0.1, 0.15) is 12.8 Å². The summed E-state index contributed by atoms with van der Waals surface area (Å²) < 4.78 is 13.5. The number of anilines is 1. The van der Waals surface area contributed by atoms with Crippen molar-refractivity contribution in [3.05, 3.63) is 30.1 Å². The van der Waals surface area contributed by atoms with Crippen LogP contribution < -0.4 is 5.32 Å². The van der Waals surface area contributed by atoms with Crippen LogP contribution in [-0.4, -0.2) is 17.0 Å². The fourth-order valence-corrected chi connectivity index (χ4v) is 2.99. The van der Waals surface area contributed by atoms with Gasteiger partial charge in [0.1, 0.15) is 11.4 Å². The molecule has 1 N–H and O–H groups in total. The molecule has 0 spiro atoms. The van der Waals surface area contributed by atoms with Crippen molar-refractivity contribution >= 4 is 17.4 Å². The monoisotopic (exact) mass is 236 g/mol. The average molecular weight is 236 g/mol. The molecule has 1 heterocycles. The molecular weight excluding hydrogens is 223 g/mol. The zero-order valence-electron chi connectivity index (χ0n) is 8.87. The van der Waals surface area contributed by atoms with E-state index in [-0.39, 0.29) is 5.82 Å². The molecule has 2 rings (SSSR count). The molecule has 84 valence electrons. The molecule has 1 aliphatic heterocycles. The van der Waals surface area contributed by atoms with Gasteiger partial charge < -0.3 is 5.32 Å². The van der Waals surface area contributed by atoms with Gasteiger partial charge in [-0.25, -0.2) is 4.39 Å². The van der Waals surface area contributed by atoms with E-state index in [2.05, 4.69) is 11.4 Å². The Balaban J connectivity index is 2.19. The van der Waals surface area contributed by atoms with Gasteiger partial charge in [-0.05, 0) is 36.5 Å². The predicted octanol–water partition coefficient (Wildman–Crippen LogP) is 3.03. The van der Waals surface area contributed by atoms with Gasteiger partial charge in [0, 0.05) is 0 Å². The van der Waals surface area contributed by atoms with Crippen LogP contribution in [0.3, 0.4) is 0 Å². The number of nitrogens with one attached hydrogen (secondary N) is 1. The molecule has 1 aromatic carbocycles. The number of rotatable bonds is 2. The van der Waals surface area contributed by atoms with E-state index >= 15 is 0 Å². The Bertz CT molecular complexity index is 408. The molecule has 1 fully saturated rings. The van der Waals surface area contributed by atoms with Gasteiger partial charge in [0.05, 0.1) is 11.8 Å². The van der Waals surface area contributed by atoms with Crippen molar-refractivity contribution in [1.82, 2.24) is 0 Å². The standard InChI is InChI=1S/C12H13FN2S/c13-10-3-1-2-4-11(10)15-12(9-14)5-7-16-8-6-12/h1-4,15H,5-8H2. The van der Waals surface area contributed by atoms with E-state index < -0.39 is 5.54 Å². The first-order valence-corrected chi connectivity index (χ1v) is 6.43. The maximum absolute atomic E-state index is 13.5. The quantitative estimate of drug-likeness (QED) is 0.857. The summed E-state index contributed by atoms with van der Waals surface area (Å²) in [5.41, 5.74) is -0.163. The van der Waals surface area contributed by atoms with Crippen molar-refractivity contribution in [2.24, 2.45) is 0 Å². The number of nitriles is 1. The third kappa shape index (κ3) is 2.30. The van der Waals surface area contributed by atoms with Crippen LogP contribution in [-0.2, 0) is 0 Å². The predicted molar refractivity (Wildman–Crippen MR) is 64.9 cm³/mol. The van der Waals surface area contributed by atoms with Gasteiger partial charge in [0.25, 0.3) is 0 Å². The third-order valence-electron chi connectivity index (χ3n) is 2.81. The van der Waals surface area contributed by atoms with Gasteiger partial charge in [0.15, 0.2) is 0 Å². The number of hydrogen-bond acceptors (Lipinski definition) is 3. The fourth-order valence-electron chi connectivity index (χ4n) is 1.80. The molecule has 0 radical (unpaired) electrons. The highest BCUT2D eigenvalue weighted by atomic mass is 32.2. The van der Waals surface area contributed by atoms with Gasteiger partial charge in [-0.1, -0.05) is 12.1 Å². The Hall–Kier alpha value is -1.21. The Kier molecular flexibility index (Phi) is 3.35. The molecule has 1 aliphatic rings. The molecule has 0 unspecified atom stereocenters. The first-order chi connectivity index (χ1) is 7.76. The molecule has 1 aromatic rings. The van der Waals surface area contributed by atoms with E-state index in [0.29, 0.717) is 5.69 Å². The van der Waals surface area contributed by atoms with Crippen molar-refractivity contribution < 1.29 is 4.39 Å². The summed E-state index contributed by atoms with van der Waals surface area (Å²) in [6.07, 6.45) is 1.53. The van der Waals surface area contributed by atoms with Crippen LogP contribution in [0.5, 0.6) is 0 Å². The third-order valence-corrected chi connectivity index (χ3v) is 3.79. The van der Waals surface area contributed by atoms with Gasteiger partial charge in [0.2, 0.25) is 0 Å². The Morgan fingerprint density at radius 3 is 2.62 bits per heavy atom. The summed E-state index contributed by atoms with van der Waals surface area (Å²) in [5.74, 6) is 1.61. The molecule has 0 atom stereocenters. The summed E-state index contributed by atoms with van der Waals surface area (Å²) >= 11 is 1.84. The van der Waals surface area contributed by atoms with Crippen molar-refractivity contribution in [3.8, 4) is 6.07 Å². The van der Waals surface area contributed by atoms with Gasteiger partial charge in [-0.3, -0.25) is 0 Å². The van der Waals surface area contributed by atoms with Crippen molar-refractivity contribution in [3.63, 3.8) is 0 Å². The van der Waals surface area contributed by atoms with E-state index in [9.17, 15) is 9.65 Å². The Labute approximate surface area is 98.8 Å². The largest absolute Gasteiger partial charge is 0.365 e. The van der Waals surface area contributed by atoms with Crippen molar-refractivity contribution in [2.45, 2.75) is 18.4 Å². The Morgan fingerprint density at radius 1 is 1.31 bits per heavy atom. The minimum atomic E-state index is -0.590. The number of nitrogens with zero attached hydrogens (tertiary/aromatic N) is 1. The molecular formula is C12H13FN2S. The SMILES string of the molecule is N#CC1(Nc2ccccc2F)CCSCC1. The summed E-state index contributed by atoms with van der Waals surface area (Å²) in [5, 5.41) is 12.3. The number of halogens is 1. The second kappa shape index (κ2) is 4.75. The minimum absolute atomic E-state index is 0.296. The lowest BCUT2D eigenvalue weighted by Crippen LogP contribution is -2.40. The van der Waals surface area contributed by atoms with Crippen LogP contribution in [0.4, 0.5) is 10.1 Å². The number of benzene rings is 1. The van der Waals surface area contributed by atoms with Crippen molar-refractivity contribution in [2.75, 3.05) is 16.8 Å². The molecule has 16 heavy (non-hydrogen) atoms. The average Bonchev–Trinajstić information content (AvgIpc) is 2.33. The Morgan fingerprint density at radius 2 is 2.00 bits per heavy atom. The highest BCUT2D eigenvalue weighted by Gasteiger charge is 2.32. The second-order valence-electron chi connectivity index (χ2n) is 3.91. The molecule has 0 aromatic heterocycles. The zero-order chi connectivity index (χ0) is 11.4. The fraction of sp³-hybridized carbons (Fsp3) is 0.417. The molecule has 2 nitrogen and oxygen atoms in total. The van der Waals surface area contributed by atoms with E-state index in [1.807, 2.05) is 11.8 Å². The highest BCUT2D eigenvalue weighted by molar-refractivity contribution is 7.99. The normalized spacial score (nSPS) is 18.8. The summed E-state index contributed by atoms with van der Waals surface area (Å²) in [6.45, 7) is 0. The lowest BCUT2D eigenvalue weighted by Gasteiger charge is -2.32. The number of hydrogen-bond donors (Lipinski definition) is 1. The summed E-state index contributed by atoms with van der Waals surface area (Å²) in [6, 6.07) is 8.81. The number of thioether (sulfide) groups is 1. The van der Waals surface area contributed by atoms with E-state index in [4.69, 9.17) is 0 Å². The summed E-state index contributed by atoms with van der Waals surface area (Å²) in [7, 11) is 0. The van der Waals surface area contributed by atoms with Gasteiger partial charge in [-0.15, -0.1) is 0 Å². The molecule has 0 bridgehead atoms. The van der Waals surface area contributed by atoms with E-state index in [1.54, 1.807) is 18.2 Å². The first-order valence-electron chi connectivity index (χ1n) is 5.27. The van der Waals surface area contributed by atoms with Crippen LogP contribution in [0, 0.1) is 17.1 Å². The molecule has 0 saturated carbocycles. The maximum Gasteiger partial charge on any atom is 0.146 e. The van der Waals surface area contributed by atoms with Gasteiger partial charge >= 0.3 is 0 Å². The number of para-hydroxylation sites is 1. The smallest absolute Gasteiger partial charge is 0.146 e. The molecule has 0 amide bonds. The second-order valence-corrected chi connectivity index (χ2v) is 5.14. The molecule has 4 heteroatoms. The summed E-state index contributed by atoms with van der Waals surface area (Å²) in [4.78, 5) is 0. The zero-order valence-corrected chi connectivity index (χ0v) is 9.69. The molecule has 1 saturated heterocycles. The minimum Gasteiger partial charge on any atom is -0.365 e. The first kappa shape index (κ1) is 11.3. The van der Waals surface area contributed by atoms with Crippen LogP contribution in [0.25, 0.3) is 0 Å². The topological polar surface area (TPSA) is 35.8 Å². The van der Waals surface area contributed by atoms with Crippen LogP contribution in [0.15, 0.2) is 24.3 Å². The van der Waals surface area contributed by atoms with Crippen molar-refractivity contribution in [1.29, 1.82) is 5.26 Å². The van der Waals surface area contributed by atoms with Gasteiger partial charge in [-0.2, -0.15) is 17.0 Å². The molecule has 0 aliphatic carbocycles. The highest BCUT2D eigenvalue weighted by Crippen LogP contribution is 2.30. The van der Waals surface area contributed by atoms with E-state index in [0.717, 1.165) is 24.3 Å². The van der Waals surface area contributed by atoms with E-state index in [1.165, 1.54) is 6.07 Å². The lowest BCUT2D eigenvalue weighted by molar-refractivity contribution is 0.536. The maximum atomic E-state index is 13.5. The van der Waals surface area contributed by atoms with Crippen LogP contribution >= 0.6 is 11.8 Å². The van der Waals surface area contributed by atoms with Crippen LogP contribution in [0.2, 0.25) is 0 Å². The lowest BCUT2D eigenvalue weighted by atomic mass is 9.93.